The number of pyridine rings is 1. The molecule has 0 spiro atoms. The van der Waals surface area contributed by atoms with Crippen molar-refractivity contribution in [2.24, 2.45) is 4.99 Å². The molecule has 0 saturated carbocycles. The van der Waals surface area contributed by atoms with Crippen LogP contribution in [0, 0.1) is 0 Å². The van der Waals surface area contributed by atoms with Gasteiger partial charge in [0.15, 0.2) is 0 Å². The maximum atomic E-state index is 4.59. The number of hydrogen-bond donors (Lipinski definition) is 1. The highest BCUT2D eigenvalue weighted by Crippen LogP contribution is 2.16. The van der Waals surface area contributed by atoms with Gasteiger partial charge in [-0.2, -0.15) is 0 Å². The van der Waals surface area contributed by atoms with Crippen LogP contribution in [0.3, 0.4) is 0 Å². The molecule has 1 aliphatic heterocycles. The van der Waals surface area contributed by atoms with E-state index in [0.29, 0.717) is 6.67 Å². The normalized spacial score (nSPS) is 13.8. The summed E-state index contributed by atoms with van der Waals surface area (Å²) >= 11 is 0. The fraction of sp³-hybridized carbons (Fsp3) is 0.143. The first-order chi connectivity index (χ1) is 8.90. The minimum absolute atomic E-state index is 0.610. The fourth-order valence-electron chi connectivity index (χ4n) is 2.17. The molecular formula is C14H14N4. The number of nitrogens with one attached hydrogen (secondary N) is 1. The molecule has 0 fully saturated rings. The molecule has 0 aliphatic carbocycles. The van der Waals surface area contributed by atoms with E-state index in [1.54, 1.807) is 6.20 Å². The van der Waals surface area contributed by atoms with Gasteiger partial charge in [-0.25, -0.2) is 0 Å². The van der Waals surface area contributed by atoms with E-state index in [-0.39, 0.29) is 0 Å². The monoisotopic (exact) mass is 238 g/mol. The van der Waals surface area contributed by atoms with Crippen LogP contribution in [0.5, 0.6) is 0 Å². The van der Waals surface area contributed by atoms with Gasteiger partial charge in [0.05, 0.1) is 17.2 Å². The Hall–Kier alpha value is -2.36. The first-order valence-corrected chi connectivity index (χ1v) is 5.89. The Morgan fingerprint density at radius 1 is 1.17 bits per heavy atom. The Morgan fingerprint density at radius 3 is 2.83 bits per heavy atom. The molecule has 2 aromatic rings. The van der Waals surface area contributed by atoms with E-state index < -0.39 is 0 Å². The Kier molecular flexibility index (Phi) is 2.68. The standard InChI is InChI=1S/C14H14N4/c1-15-14-12-6-2-3-7-13(12)17-10-18(14)11-5-4-8-16-9-11/h2-9,15H,10H2,1H3. The highest BCUT2D eigenvalue weighted by molar-refractivity contribution is 5.66. The fourth-order valence-corrected chi connectivity index (χ4v) is 2.17. The molecule has 0 radical (unpaired) electrons. The lowest BCUT2D eigenvalue weighted by Crippen LogP contribution is -2.44. The van der Waals surface area contributed by atoms with E-state index in [4.69, 9.17) is 0 Å². The second-order valence-electron chi connectivity index (χ2n) is 4.05. The van der Waals surface area contributed by atoms with Crippen LogP contribution < -0.4 is 20.8 Å². The van der Waals surface area contributed by atoms with Crippen molar-refractivity contribution < 1.29 is 0 Å². The van der Waals surface area contributed by atoms with Crippen molar-refractivity contribution in [1.29, 1.82) is 0 Å². The molecule has 1 aromatic carbocycles. The van der Waals surface area contributed by atoms with Crippen molar-refractivity contribution in [3.8, 4) is 0 Å². The van der Waals surface area contributed by atoms with Gasteiger partial charge in [0.2, 0.25) is 0 Å². The van der Waals surface area contributed by atoms with Gasteiger partial charge < -0.3 is 10.2 Å². The summed E-state index contributed by atoms with van der Waals surface area (Å²) in [5, 5.41) is 5.41. The number of rotatable bonds is 2. The Bertz CT molecular complexity index is 664. The Balaban J connectivity index is 2.19. The second kappa shape index (κ2) is 4.49. The van der Waals surface area contributed by atoms with E-state index in [9.17, 15) is 0 Å². The van der Waals surface area contributed by atoms with Crippen molar-refractivity contribution in [1.82, 2.24) is 10.3 Å². The largest absolute Gasteiger partial charge is 0.374 e. The predicted octanol–water partition coefficient (Wildman–Crippen LogP) is 0.464. The minimum atomic E-state index is 0.610. The summed E-state index contributed by atoms with van der Waals surface area (Å²) in [5.74, 6) is 1.06. The summed E-state index contributed by atoms with van der Waals surface area (Å²) in [6, 6.07) is 12.1. The zero-order valence-corrected chi connectivity index (χ0v) is 10.2. The molecule has 1 N–H and O–H groups in total. The zero-order valence-electron chi connectivity index (χ0n) is 10.2. The quantitative estimate of drug-likeness (QED) is 0.826. The van der Waals surface area contributed by atoms with Crippen molar-refractivity contribution in [2.45, 2.75) is 0 Å². The van der Waals surface area contributed by atoms with Gasteiger partial charge in [-0.05, 0) is 24.3 Å². The van der Waals surface area contributed by atoms with Crippen LogP contribution in [0.1, 0.15) is 0 Å². The van der Waals surface area contributed by atoms with Crippen LogP contribution in [0.2, 0.25) is 0 Å². The molecule has 0 amide bonds. The molecule has 0 saturated heterocycles. The van der Waals surface area contributed by atoms with Crippen LogP contribution in [-0.2, 0) is 0 Å². The lowest BCUT2D eigenvalue weighted by Gasteiger charge is -2.27. The topological polar surface area (TPSA) is 40.5 Å². The van der Waals surface area contributed by atoms with E-state index in [2.05, 4.69) is 26.3 Å². The Morgan fingerprint density at radius 2 is 2.06 bits per heavy atom. The van der Waals surface area contributed by atoms with Crippen LogP contribution in [0.25, 0.3) is 5.82 Å². The summed E-state index contributed by atoms with van der Waals surface area (Å²) in [7, 11) is 1.93. The number of para-hydroxylation sites is 1. The van der Waals surface area contributed by atoms with E-state index in [0.717, 1.165) is 22.1 Å². The molecule has 0 bridgehead atoms. The van der Waals surface area contributed by atoms with Crippen LogP contribution in [0.4, 0.5) is 5.69 Å². The van der Waals surface area contributed by atoms with Gasteiger partial charge in [-0.15, -0.1) is 0 Å². The number of anilines is 1. The first-order valence-electron chi connectivity index (χ1n) is 5.89. The molecule has 90 valence electrons. The molecular weight excluding hydrogens is 224 g/mol. The van der Waals surface area contributed by atoms with Crippen molar-refractivity contribution in [3.05, 3.63) is 59.4 Å². The predicted molar refractivity (Wildman–Crippen MR) is 71.3 cm³/mol. The number of hydrogen-bond acceptors (Lipinski definition) is 4. The average molecular weight is 238 g/mol. The Labute approximate surface area is 105 Å². The molecule has 4 nitrogen and oxygen atoms in total. The summed E-state index contributed by atoms with van der Waals surface area (Å²) in [6.45, 7) is 0.610. The minimum Gasteiger partial charge on any atom is -0.374 e. The first kappa shape index (κ1) is 10.8. The number of fused-ring (bicyclic) bond motifs is 1. The maximum Gasteiger partial charge on any atom is 0.117 e. The van der Waals surface area contributed by atoms with Crippen molar-refractivity contribution in [2.75, 3.05) is 18.6 Å². The van der Waals surface area contributed by atoms with Crippen LogP contribution in [-0.4, -0.2) is 18.7 Å². The molecule has 0 unspecified atom stereocenters. The van der Waals surface area contributed by atoms with E-state index in [1.807, 2.05) is 43.6 Å². The lowest BCUT2D eigenvalue weighted by molar-refractivity contribution is 0.861. The number of aromatic nitrogens is 1. The van der Waals surface area contributed by atoms with E-state index in [1.165, 1.54) is 0 Å². The smallest absolute Gasteiger partial charge is 0.117 e. The molecule has 1 aliphatic rings. The van der Waals surface area contributed by atoms with Gasteiger partial charge in [0.25, 0.3) is 0 Å². The summed E-state index contributed by atoms with van der Waals surface area (Å²) in [5.41, 5.74) is 1.04. The van der Waals surface area contributed by atoms with Crippen LogP contribution in [0.15, 0.2) is 53.8 Å². The summed E-state index contributed by atoms with van der Waals surface area (Å²) in [4.78, 5) is 10.9. The molecule has 2 heterocycles. The summed E-state index contributed by atoms with van der Waals surface area (Å²) < 4.78 is 0. The highest BCUT2D eigenvalue weighted by Gasteiger charge is 2.14. The van der Waals surface area contributed by atoms with Gasteiger partial charge in [-0.1, -0.05) is 12.1 Å². The third kappa shape index (κ3) is 1.72. The van der Waals surface area contributed by atoms with Crippen molar-refractivity contribution in [3.63, 3.8) is 0 Å². The third-order valence-electron chi connectivity index (χ3n) is 3.01. The maximum absolute atomic E-state index is 4.59. The van der Waals surface area contributed by atoms with Crippen molar-refractivity contribution >= 4 is 11.5 Å². The molecule has 0 atom stereocenters. The summed E-state index contributed by atoms with van der Waals surface area (Å²) in [6.07, 6.45) is 3.62. The second-order valence-corrected chi connectivity index (χ2v) is 4.05. The average Bonchev–Trinajstić information content (AvgIpc) is 2.47. The zero-order chi connectivity index (χ0) is 12.4. The number of benzene rings is 1. The van der Waals surface area contributed by atoms with Gasteiger partial charge >= 0.3 is 0 Å². The van der Waals surface area contributed by atoms with Gasteiger partial charge in [-0.3, -0.25) is 9.98 Å². The van der Waals surface area contributed by atoms with Gasteiger partial charge in [0, 0.05) is 18.5 Å². The highest BCUT2D eigenvalue weighted by atomic mass is 15.3. The number of nitrogens with zero attached hydrogens (tertiary/aromatic N) is 3. The molecule has 3 rings (SSSR count). The molecule has 4 heteroatoms. The van der Waals surface area contributed by atoms with E-state index >= 15 is 0 Å². The molecule has 1 aromatic heterocycles. The van der Waals surface area contributed by atoms with Gasteiger partial charge in [0.1, 0.15) is 12.5 Å². The lowest BCUT2D eigenvalue weighted by atomic mass is 10.2. The SMILES string of the molecule is CNC1=c2ccccc2=NCN1c1cccnc1. The van der Waals surface area contributed by atoms with Crippen LogP contribution >= 0.6 is 0 Å². The third-order valence-corrected chi connectivity index (χ3v) is 3.01. The molecule has 18 heavy (non-hydrogen) atoms.